The summed E-state index contributed by atoms with van der Waals surface area (Å²) in [7, 11) is 0. The fourth-order valence-electron chi connectivity index (χ4n) is 3.97. The quantitative estimate of drug-likeness (QED) is 0.709. The summed E-state index contributed by atoms with van der Waals surface area (Å²) in [6.07, 6.45) is 14.7. The van der Waals surface area contributed by atoms with Crippen LogP contribution in [0.3, 0.4) is 0 Å². The average Bonchev–Trinajstić information content (AvgIpc) is 2.95. The summed E-state index contributed by atoms with van der Waals surface area (Å²) in [6.45, 7) is 6.64. The minimum atomic E-state index is 0.935. The zero-order chi connectivity index (χ0) is 12.2. The maximum absolute atomic E-state index is 2.77. The first-order valence-corrected chi connectivity index (χ1v) is 8.03. The third kappa shape index (κ3) is 3.16. The first-order chi connectivity index (χ1) is 8.92. The molecule has 1 atom stereocenters. The van der Waals surface area contributed by atoms with Gasteiger partial charge in [-0.2, -0.15) is 0 Å². The van der Waals surface area contributed by atoms with E-state index < -0.39 is 0 Å². The van der Waals surface area contributed by atoms with E-state index in [1.807, 2.05) is 0 Å². The van der Waals surface area contributed by atoms with Crippen LogP contribution in [0.5, 0.6) is 0 Å². The molecule has 3 rings (SSSR count). The molecule has 1 heterocycles. The minimum Gasteiger partial charge on any atom is -0.301 e. The van der Waals surface area contributed by atoms with Crippen molar-refractivity contribution < 1.29 is 0 Å². The van der Waals surface area contributed by atoms with Crippen molar-refractivity contribution >= 4 is 0 Å². The monoisotopic (exact) mass is 248 g/mol. The Morgan fingerprint density at radius 3 is 2.33 bits per heavy atom. The van der Waals surface area contributed by atoms with Crippen LogP contribution in [0.1, 0.15) is 44.9 Å². The molecule has 1 saturated carbocycles. The lowest BCUT2D eigenvalue weighted by Gasteiger charge is -2.39. The molecular weight excluding hydrogens is 220 g/mol. The second-order valence-corrected chi connectivity index (χ2v) is 6.43. The predicted octanol–water partition coefficient (Wildman–Crippen LogP) is 2.90. The van der Waals surface area contributed by atoms with Crippen LogP contribution < -0.4 is 0 Å². The van der Waals surface area contributed by atoms with E-state index >= 15 is 0 Å². The lowest BCUT2D eigenvalue weighted by molar-refractivity contribution is 0.0863. The summed E-state index contributed by atoms with van der Waals surface area (Å²) in [5, 5.41) is 0. The Balaban J connectivity index is 1.40. The number of rotatable bonds is 3. The van der Waals surface area contributed by atoms with Crippen LogP contribution in [-0.2, 0) is 0 Å². The van der Waals surface area contributed by atoms with Gasteiger partial charge in [0.1, 0.15) is 0 Å². The first kappa shape index (κ1) is 12.7. The highest BCUT2D eigenvalue weighted by molar-refractivity contribution is 4.91. The molecule has 0 aromatic rings. The van der Waals surface area contributed by atoms with E-state index in [2.05, 4.69) is 22.0 Å². The molecule has 2 heteroatoms. The highest BCUT2D eigenvalue weighted by Gasteiger charge is 2.26. The molecule has 2 fully saturated rings. The zero-order valence-electron chi connectivity index (χ0n) is 11.7. The molecule has 18 heavy (non-hydrogen) atoms. The summed E-state index contributed by atoms with van der Waals surface area (Å²) in [5.41, 5.74) is 0. The number of hydrogen-bond acceptors (Lipinski definition) is 2. The van der Waals surface area contributed by atoms with E-state index in [9.17, 15) is 0 Å². The Labute approximate surface area is 112 Å². The van der Waals surface area contributed by atoms with E-state index in [1.165, 1.54) is 77.7 Å². The Morgan fingerprint density at radius 2 is 1.67 bits per heavy atom. The standard InChI is InChI=1S/C16H28N2/c1-2-6-15(7-3-1)14-17-10-12-18(13-11-17)16-8-4-5-9-16/h1-2,15-16H,3-14H2/t15-/m1/s1. The molecule has 102 valence electrons. The van der Waals surface area contributed by atoms with E-state index in [4.69, 9.17) is 0 Å². The summed E-state index contributed by atoms with van der Waals surface area (Å²) < 4.78 is 0. The van der Waals surface area contributed by atoms with Gasteiger partial charge in [0.2, 0.25) is 0 Å². The Bertz CT molecular complexity index is 273. The van der Waals surface area contributed by atoms with Crippen LogP contribution in [0, 0.1) is 5.92 Å². The Kier molecular flexibility index (Phi) is 4.37. The summed E-state index contributed by atoms with van der Waals surface area (Å²) in [6, 6.07) is 0.935. The molecule has 0 spiro atoms. The van der Waals surface area contributed by atoms with E-state index in [0.29, 0.717) is 0 Å². The molecule has 3 aliphatic rings. The van der Waals surface area contributed by atoms with Crippen molar-refractivity contribution in [2.45, 2.75) is 51.0 Å². The van der Waals surface area contributed by atoms with Crippen LogP contribution in [0.25, 0.3) is 0 Å². The smallest absolute Gasteiger partial charge is 0.0113 e. The molecule has 1 aliphatic heterocycles. The zero-order valence-corrected chi connectivity index (χ0v) is 11.7. The van der Waals surface area contributed by atoms with Crippen LogP contribution in [-0.4, -0.2) is 48.6 Å². The summed E-state index contributed by atoms with van der Waals surface area (Å²) in [5.74, 6) is 0.938. The first-order valence-electron chi connectivity index (χ1n) is 8.03. The van der Waals surface area contributed by atoms with Crippen molar-refractivity contribution in [1.29, 1.82) is 0 Å². The van der Waals surface area contributed by atoms with Crippen molar-refractivity contribution in [3.05, 3.63) is 12.2 Å². The average molecular weight is 248 g/mol. The molecule has 0 amide bonds. The van der Waals surface area contributed by atoms with Crippen molar-refractivity contribution in [3.63, 3.8) is 0 Å². The van der Waals surface area contributed by atoms with Crippen LogP contribution in [0.2, 0.25) is 0 Å². The summed E-state index contributed by atoms with van der Waals surface area (Å²) >= 11 is 0. The lowest BCUT2D eigenvalue weighted by atomic mass is 9.94. The van der Waals surface area contributed by atoms with Gasteiger partial charge in [-0.15, -0.1) is 0 Å². The van der Waals surface area contributed by atoms with Crippen LogP contribution in [0.15, 0.2) is 12.2 Å². The summed E-state index contributed by atoms with van der Waals surface area (Å²) in [4.78, 5) is 5.49. The van der Waals surface area contributed by atoms with Crippen molar-refractivity contribution in [2.24, 2.45) is 5.92 Å². The molecule has 0 radical (unpaired) electrons. The van der Waals surface area contributed by atoms with Gasteiger partial charge in [-0.25, -0.2) is 0 Å². The fourth-order valence-corrected chi connectivity index (χ4v) is 3.97. The molecule has 0 N–H and O–H groups in total. The van der Waals surface area contributed by atoms with E-state index in [0.717, 1.165) is 12.0 Å². The van der Waals surface area contributed by atoms with Gasteiger partial charge in [0, 0.05) is 38.8 Å². The largest absolute Gasteiger partial charge is 0.301 e. The number of hydrogen-bond donors (Lipinski definition) is 0. The van der Waals surface area contributed by atoms with Gasteiger partial charge < -0.3 is 4.90 Å². The second kappa shape index (κ2) is 6.21. The molecule has 0 bridgehead atoms. The molecule has 2 nitrogen and oxygen atoms in total. The maximum atomic E-state index is 2.77. The topological polar surface area (TPSA) is 6.48 Å². The van der Waals surface area contributed by atoms with Crippen molar-refractivity contribution in [3.8, 4) is 0 Å². The van der Waals surface area contributed by atoms with Gasteiger partial charge in [0.25, 0.3) is 0 Å². The predicted molar refractivity (Wildman–Crippen MR) is 76.8 cm³/mol. The van der Waals surface area contributed by atoms with Crippen molar-refractivity contribution in [2.75, 3.05) is 32.7 Å². The number of allylic oxidation sites excluding steroid dienone is 2. The number of piperazine rings is 1. The second-order valence-electron chi connectivity index (χ2n) is 6.43. The van der Waals surface area contributed by atoms with Gasteiger partial charge in [-0.05, 0) is 38.0 Å². The fraction of sp³-hybridized carbons (Fsp3) is 0.875. The third-order valence-corrected chi connectivity index (χ3v) is 5.14. The van der Waals surface area contributed by atoms with Gasteiger partial charge in [0.05, 0.1) is 0 Å². The van der Waals surface area contributed by atoms with Crippen LogP contribution >= 0.6 is 0 Å². The Hall–Kier alpha value is -0.340. The molecule has 1 saturated heterocycles. The maximum Gasteiger partial charge on any atom is 0.0113 e. The number of nitrogens with zero attached hydrogens (tertiary/aromatic N) is 2. The van der Waals surface area contributed by atoms with Crippen LogP contribution in [0.4, 0.5) is 0 Å². The molecule has 0 unspecified atom stereocenters. The Morgan fingerprint density at radius 1 is 0.889 bits per heavy atom. The molecule has 0 aromatic heterocycles. The van der Waals surface area contributed by atoms with Gasteiger partial charge in [-0.3, -0.25) is 4.90 Å². The van der Waals surface area contributed by atoms with Gasteiger partial charge >= 0.3 is 0 Å². The lowest BCUT2D eigenvalue weighted by Crippen LogP contribution is -2.50. The molecule has 0 aromatic carbocycles. The SMILES string of the molecule is C1=CC[C@@H](CN2CCN(C3CCCC3)CC2)CC1. The normalized spacial score (nSPS) is 32.1. The van der Waals surface area contributed by atoms with E-state index in [-0.39, 0.29) is 0 Å². The highest BCUT2D eigenvalue weighted by atomic mass is 15.3. The van der Waals surface area contributed by atoms with Gasteiger partial charge in [0.15, 0.2) is 0 Å². The molecule has 2 aliphatic carbocycles. The van der Waals surface area contributed by atoms with E-state index in [1.54, 1.807) is 0 Å². The highest BCUT2D eigenvalue weighted by Crippen LogP contribution is 2.25. The third-order valence-electron chi connectivity index (χ3n) is 5.14. The van der Waals surface area contributed by atoms with Crippen molar-refractivity contribution in [1.82, 2.24) is 9.80 Å². The van der Waals surface area contributed by atoms with Gasteiger partial charge in [-0.1, -0.05) is 25.0 Å². The minimum absolute atomic E-state index is 0.935. The molecular formula is C16H28N2.